The van der Waals surface area contributed by atoms with Gasteiger partial charge in [0.1, 0.15) is 17.4 Å². The van der Waals surface area contributed by atoms with Gasteiger partial charge in [0, 0.05) is 42.9 Å². The normalized spacial score (nSPS) is 18.2. The van der Waals surface area contributed by atoms with E-state index in [1.807, 2.05) is 0 Å². The zero-order chi connectivity index (χ0) is 37.2. The molecule has 1 aliphatic heterocycles. The molecule has 2 aromatic heterocycles. The molecular weight excluding hydrogens is 720 g/mol. The first-order valence-electron chi connectivity index (χ1n) is 14.6. The van der Waals surface area contributed by atoms with Gasteiger partial charge >= 0.3 is 16.3 Å². The number of pyridine rings is 1. The van der Waals surface area contributed by atoms with Crippen molar-refractivity contribution in [1.29, 1.82) is 0 Å². The molecule has 23 heteroatoms. The Hall–Kier alpha value is -6.07. The Balaban J connectivity index is 1.24. The number of amides is 4. The maximum atomic E-state index is 13.3. The minimum absolute atomic E-state index is 0.0186. The van der Waals surface area contributed by atoms with Crippen LogP contribution in [0.3, 0.4) is 0 Å². The number of carboxylic acids is 1. The number of hydrogen-bond acceptors (Lipinski definition) is 15. The number of anilines is 1. The lowest BCUT2D eigenvalue weighted by Crippen LogP contribution is -2.74. The van der Waals surface area contributed by atoms with E-state index in [2.05, 4.69) is 26.1 Å². The topological polar surface area (TPSA) is 322 Å². The van der Waals surface area contributed by atoms with Gasteiger partial charge in [0.05, 0.1) is 12.2 Å². The van der Waals surface area contributed by atoms with Crippen LogP contribution in [0.1, 0.15) is 51.4 Å². The molecule has 3 heterocycles. The summed E-state index contributed by atoms with van der Waals surface area (Å²) in [5, 5.41) is 40.8. The van der Waals surface area contributed by atoms with E-state index in [0.29, 0.717) is 18.2 Å². The highest BCUT2D eigenvalue weighted by atomic mass is 32.2. The zero-order valence-corrected chi connectivity index (χ0v) is 27.5. The van der Waals surface area contributed by atoms with Crippen molar-refractivity contribution < 1.29 is 57.2 Å². The van der Waals surface area contributed by atoms with Crippen LogP contribution in [0.15, 0.2) is 51.9 Å². The van der Waals surface area contributed by atoms with Gasteiger partial charge in [-0.25, -0.2) is 14.1 Å². The van der Waals surface area contributed by atoms with Gasteiger partial charge in [-0.2, -0.15) is 13.1 Å². The minimum Gasteiger partial charge on any atom is -0.503 e. The average molecular weight is 749 g/mol. The fourth-order valence-electron chi connectivity index (χ4n) is 4.98. The smallest absolute Gasteiger partial charge is 0.362 e. The average Bonchev–Trinajstić information content (AvgIpc) is 3.48. The zero-order valence-electron chi connectivity index (χ0n) is 25.9. The van der Waals surface area contributed by atoms with Gasteiger partial charge in [-0.1, -0.05) is 17.3 Å². The molecule has 21 nitrogen and oxygen atoms in total. The quantitative estimate of drug-likeness (QED) is 0.0321. The highest BCUT2D eigenvalue weighted by molar-refractivity contribution is 7.84. The molecule has 0 spiro atoms. The van der Waals surface area contributed by atoms with Crippen molar-refractivity contribution in [3.8, 4) is 5.75 Å². The Kier molecular flexibility index (Phi) is 9.97. The van der Waals surface area contributed by atoms with Crippen LogP contribution in [-0.2, 0) is 36.1 Å². The first-order valence-corrected chi connectivity index (χ1v) is 16.9. The van der Waals surface area contributed by atoms with E-state index in [0.717, 1.165) is 17.4 Å². The van der Waals surface area contributed by atoms with Crippen molar-refractivity contribution in [2.24, 2.45) is 5.16 Å². The van der Waals surface area contributed by atoms with Crippen LogP contribution in [0.2, 0.25) is 0 Å². The van der Waals surface area contributed by atoms with Gasteiger partial charge in [-0.05, 0) is 24.1 Å². The van der Waals surface area contributed by atoms with Crippen molar-refractivity contribution in [2.45, 2.75) is 43.5 Å². The van der Waals surface area contributed by atoms with Gasteiger partial charge in [0.15, 0.2) is 16.6 Å². The summed E-state index contributed by atoms with van der Waals surface area (Å²) in [5.74, 6) is -6.05. The Labute approximate surface area is 290 Å². The number of nitrogen functional groups attached to an aromatic ring is 1. The van der Waals surface area contributed by atoms with Gasteiger partial charge in [-0.3, -0.25) is 28.5 Å². The Morgan fingerprint density at radius 1 is 1.12 bits per heavy atom. The fraction of sp³-hybridized carbons (Fsp3) is 0.286. The highest BCUT2D eigenvalue weighted by Gasteiger charge is 2.54. The van der Waals surface area contributed by atoms with Gasteiger partial charge in [-0.15, -0.1) is 11.3 Å². The van der Waals surface area contributed by atoms with Crippen LogP contribution < -0.4 is 27.1 Å². The number of aliphatic carboxylic acids is 1. The molecule has 2 fully saturated rings. The number of β-lactam (4-membered cyclic amide) rings is 1. The molecule has 0 radical (unpaired) electrons. The van der Waals surface area contributed by atoms with Gasteiger partial charge in [0.25, 0.3) is 23.6 Å². The third-order valence-electron chi connectivity index (χ3n) is 7.93. The summed E-state index contributed by atoms with van der Waals surface area (Å²) in [7, 11) is -5.14. The van der Waals surface area contributed by atoms with E-state index in [1.165, 1.54) is 29.6 Å². The highest BCUT2D eigenvalue weighted by Crippen LogP contribution is 2.36. The third-order valence-corrected chi connectivity index (χ3v) is 9.55. The predicted molar refractivity (Wildman–Crippen MR) is 172 cm³/mol. The Morgan fingerprint density at radius 3 is 2.37 bits per heavy atom. The van der Waals surface area contributed by atoms with E-state index in [-0.39, 0.29) is 44.8 Å². The molecule has 2 atom stereocenters. The molecule has 1 aliphatic carbocycles. The minimum atomic E-state index is -5.14. The monoisotopic (exact) mass is 748 g/mol. The maximum Gasteiger partial charge on any atom is 0.362 e. The second-order valence-corrected chi connectivity index (χ2v) is 13.4. The van der Waals surface area contributed by atoms with Crippen molar-refractivity contribution in [1.82, 2.24) is 30.0 Å². The number of aromatic nitrogens is 2. The van der Waals surface area contributed by atoms with Crippen LogP contribution in [0, 0.1) is 0 Å². The maximum absolute atomic E-state index is 13.3. The summed E-state index contributed by atoms with van der Waals surface area (Å²) in [6.45, 7) is -0.691. The number of oxime groups is 1. The second kappa shape index (κ2) is 14.0. The predicted octanol–water partition coefficient (Wildman–Crippen LogP) is -1.58. The molecule has 1 saturated carbocycles. The number of nitrogens with two attached hydrogens (primary N) is 1. The van der Waals surface area contributed by atoms with Crippen molar-refractivity contribution in [3.05, 3.63) is 74.6 Å². The molecule has 270 valence electrons. The first-order chi connectivity index (χ1) is 24.0. The lowest BCUT2D eigenvalue weighted by atomic mass is 9.80. The van der Waals surface area contributed by atoms with E-state index >= 15 is 0 Å². The number of nitrogens with zero attached hydrogens (tertiary/aromatic N) is 4. The lowest BCUT2D eigenvalue weighted by Gasteiger charge is -2.44. The summed E-state index contributed by atoms with van der Waals surface area (Å²) < 4.78 is 34.0. The van der Waals surface area contributed by atoms with Crippen molar-refractivity contribution in [2.75, 3.05) is 12.3 Å². The SMILES string of the molecule is Nc1nc(C(=NOC2(C(=O)O)CCC2)C(=O)N[C@@H]2C(=O)N(S(=O)(=O)O)[C@@H]2CNC(=O)c2ccc(CNC(=O)c3cc(=O)c(O)cn3O)cc2)cs1. The fourth-order valence-corrected chi connectivity index (χ4v) is 6.40. The number of benzene rings is 1. The number of carbonyl (C=O) groups excluding carboxylic acids is 4. The Morgan fingerprint density at radius 2 is 1.80 bits per heavy atom. The molecule has 0 unspecified atom stereocenters. The van der Waals surface area contributed by atoms with Gasteiger partial charge in [0.2, 0.25) is 11.0 Å². The van der Waals surface area contributed by atoms with Crippen molar-refractivity contribution >= 4 is 62.1 Å². The number of carbonyl (C=O) groups is 5. The first kappa shape index (κ1) is 36.2. The lowest BCUT2D eigenvalue weighted by molar-refractivity contribution is -0.178. The van der Waals surface area contributed by atoms with Crippen LogP contribution in [0.25, 0.3) is 0 Å². The molecule has 2 aliphatic rings. The van der Waals surface area contributed by atoms with E-state index in [1.54, 1.807) is 0 Å². The van der Waals surface area contributed by atoms with Crippen LogP contribution >= 0.6 is 11.3 Å². The molecule has 51 heavy (non-hydrogen) atoms. The summed E-state index contributed by atoms with van der Waals surface area (Å²) >= 11 is 0.920. The summed E-state index contributed by atoms with van der Waals surface area (Å²) in [6, 6.07) is 3.19. The molecular formula is C28H28N8O13S2. The van der Waals surface area contributed by atoms with E-state index < -0.39 is 86.7 Å². The number of hydrogen-bond donors (Lipinski definition) is 8. The van der Waals surface area contributed by atoms with Gasteiger partial charge < -0.3 is 41.9 Å². The molecule has 1 aromatic carbocycles. The molecule has 0 bridgehead atoms. The molecule has 4 amide bonds. The molecule has 5 rings (SSSR count). The van der Waals surface area contributed by atoms with Crippen molar-refractivity contribution in [3.63, 3.8) is 0 Å². The van der Waals surface area contributed by atoms with Crippen LogP contribution in [0.4, 0.5) is 5.13 Å². The molecule has 3 aromatic rings. The second-order valence-electron chi connectivity index (χ2n) is 11.2. The standard InChI is InChI=1S/C28H28N8O13S2/c29-27-32-15(12-50-27)20(34-49-28(26(43)44)6-1-7-28)24(41)33-21-17(36(25(21)42)51(46,47)48)10-31-22(39)14-4-2-13(3-5-14)9-30-23(40)16-8-18(37)19(38)11-35(16)45/h2-5,8,11-12,17,21,38,45H,1,6-7,9-10H2,(H2,29,32)(H,30,40)(H,31,39)(H,33,41)(H,43,44)(H,46,47,48)/t17-,21+/m1/s1. The number of thiazole rings is 1. The third kappa shape index (κ3) is 7.58. The van der Waals surface area contributed by atoms with E-state index in [9.17, 15) is 57.2 Å². The molecule has 9 N–H and O–H groups in total. The summed E-state index contributed by atoms with van der Waals surface area (Å²) in [6.07, 6.45) is 1.41. The number of aromatic hydroxyl groups is 1. The largest absolute Gasteiger partial charge is 0.503 e. The number of rotatable bonds is 13. The van der Waals surface area contributed by atoms with Crippen LogP contribution in [0.5, 0.6) is 5.75 Å². The summed E-state index contributed by atoms with van der Waals surface area (Å²) in [4.78, 5) is 83.9. The molecule has 1 saturated heterocycles. The van der Waals surface area contributed by atoms with E-state index in [4.69, 9.17) is 10.6 Å². The number of nitrogens with one attached hydrogen (secondary N) is 3. The van der Waals surface area contributed by atoms with Crippen LogP contribution in [-0.4, -0.2) is 102 Å². The summed E-state index contributed by atoms with van der Waals surface area (Å²) in [5.41, 5.74) is 2.49. The Bertz CT molecular complexity index is 2110. The number of carboxylic acid groups (broad SMARTS) is 1.